The third-order valence-corrected chi connectivity index (χ3v) is 6.13. The Balaban J connectivity index is 0.000000608. The minimum atomic E-state index is -1.17. The lowest BCUT2D eigenvalue weighted by molar-refractivity contribution is -0.220. The van der Waals surface area contributed by atoms with Gasteiger partial charge in [-0.25, -0.2) is 8.78 Å². The van der Waals surface area contributed by atoms with Crippen LogP contribution in [0.3, 0.4) is 0 Å². The Hall–Kier alpha value is -1.68. The molecule has 33 heavy (non-hydrogen) atoms. The van der Waals surface area contributed by atoms with Gasteiger partial charge in [-0.1, -0.05) is 27.0 Å². The molecule has 0 unspecified atom stereocenters. The van der Waals surface area contributed by atoms with Crippen molar-refractivity contribution in [2.24, 2.45) is 10.7 Å². The molecule has 0 bridgehead atoms. The molecule has 0 radical (unpaired) electrons. The summed E-state index contributed by atoms with van der Waals surface area (Å²) in [6, 6.07) is 9.69. The second kappa shape index (κ2) is 14.6. The number of amides is 1. The van der Waals surface area contributed by atoms with Gasteiger partial charge in [-0.05, 0) is 74.5 Å². The predicted octanol–water partition coefficient (Wildman–Crippen LogP) is 6.74. The summed E-state index contributed by atoms with van der Waals surface area (Å²) in [5, 5.41) is 0. The lowest BCUT2D eigenvalue weighted by Crippen LogP contribution is -2.32. The van der Waals surface area contributed by atoms with Gasteiger partial charge >= 0.3 is 0 Å². The molecule has 0 spiro atoms. The minimum absolute atomic E-state index is 0. The summed E-state index contributed by atoms with van der Waals surface area (Å²) in [7, 11) is 2.87. The molecular weight excluding hydrogens is 562 g/mol. The van der Waals surface area contributed by atoms with Crippen molar-refractivity contribution in [1.29, 1.82) is 0 Å². The molecule has 2 aromatic rings. The maximum Gasteiger partial charge on any atom is 0.217 e. The Morgan fingerprint density at radius 2 is 1.64 bits per heavy atom. The van der Waals surface area contributed by atoms with E-state index >= 15 is 0 Å². The first kappa shape index (κ1) is 31.3. The zero-order valence-electron chi connectivity index (χ0n) is 17.3. The Bertz CT molecular complexity index is 951. The van der Waals surface area contributed by atoms with Crippen LogP contribution in [0.2, 0.25) is 0 Å². The van der Waals surface area contributed by atoms with E-state index in [1.54, 1.807) is 18.2 Å². The molecule has 1 aliphatic rings. The van der Waals surface area contributed by atoms with Crippen LogP contribution in [0.25, 0.3) is 0 Å². The van der Waals surface area contributed by atoms with Crippen LogP contribution in [0.1, 0.15) is 51.7 Å². The first-order chi connectivity index (χ1) is 14.7. The molecule has 0 aliphatic carbocycles. The van der Waals surface area contributed by atoms with Gasteiger partial charge in [0.15, 0.2) is 5.79 Å². The van der Waals surface area contributed by atoms with E-state index in [2.05, 4.69) is 36.9 Å². The van der Waals surface area contributed by atoms with Crippen LogP contribution in [0.15, 0.2) is 50.3 Å². The van der Waals surface area contributed by atoms with Crippen LogP contribution in [-0.4, -0.2) is 32.4 Å². The predicted molar refractivity (Wildman–Crippen MR) is 136 cm³/mol. The Kier molecular flexibility index (Phi) is 13.8. The van der Waals surface area contributed by atoms with Crippen LogP contribution in [0.4, 0.5) is 8.78 Å². The zero-order valence-corrected chi connectivity index (χ0v) is 20.4. The molecule has 0 fully saturated rings. The van der Waals surface area contributed by atoms with E-state index in [0.717, 1.165) is 30.7 Å². The highest BCUT2D eigenvalue weighted by molar-refractivity contribution is 9.10. The number of halogens is 4. The fourth-order valence-corrected chi connectivity index (χ4v) is 3.63. The number of carbonyl (C=O) groups is 1. The van der Waals surface area contributed by atoms with E-state index < -0.39 is 17.5 Å². The van der Waals surface area contributed by atoms with Gasteiger partial charge in [0.2, 0.25) is 5.91 Å². The van der Waals surface area contributed by atoms with Crippen LogP contribution < -0.4 is 5.73 Å². The summed E-state index contributed by atoms with van der Waals surface area (Å²) >= 11 is 6.19. The summed E-state index contributed by atoms with van der Waals surface area (Å²) in [4.78, 5) is 15.2. The quantitative estimate of drug-likeness (QED) is 0.361. The maximum absolute atomic E-state index is 13.5. The number of benzene rings is 2. The van der Waals surface area contributed by atoms with Crippen LogP contribution in [-0.2, 0) is 20.1 Å². The smallest absolute Gasteiger partial charge is 0.217 e. The van der Waals surface area contributed by atoms with Crippen molar-refractivity contribution in [2.45, 2.75) is 46.3 Å². The molecule has 2 N–H and O–H groups in total. The van der Waals surface area contributed by atoms with Gasteiger partial charge in [-0.2, -0.15) is 0 Å². The summed E-state index contributed by atoms with van der Waals surface area (Å²) < 4.78 is 38.1. The molecule has 5 nitrogen and oxygen atoms in total. The molecule has 1 aliphatic heterocycles. The molecule has 1 heterocycles. The fraction of sp³-hybridized carbons (Fsp3) is 0.417. The van der Waals surface area contributed by atoms with Gasteiger partial charge < -0.3 is 15.2 Å². The highest BCUT2D eigenvalue weighted by Gasteiger charge is 2.33. The average Bonchev–Trinajstić information content (AvgIpc) is 3.29. The van der Waals surface area contributed by atoms with E-state index in [9.17, 15) is 13.6 Å². The first-order valence-corrected chi connectivity index (χ1v) is 11.1. The summed E-state index contributed by atoms with van der Waals surface area (Å²) in [5.74, 6) is -2.28. The molecule has 0 saturated carbocycles. The minimum Gasteiger partial charge on any atom is -0.370 e. The summed E-state index contributed by atoms with van der Waals surface area (Å²) in [6.45, 7) is 0.882. The van der Waals surface area contributed by atoms with Crippen molar-refractivity contribution in [3.05, 3.63) is 68.1 Å². The van der Waals surface area contributed by atoms with Crippen LogP contribution in [0.5, 0.6) is 0 Å². The second-order valence-corrected chi connectivity index (χ2v) is 8.53. The van der Waals surface area contributed by atoms with Crippen LogP contribution >= 0.6 is 31.9 Å². The number of aliphatic imine (C=N–C) groups is 1. The molecule has 0 aromatic heterocycles. The van der Waals surface area contributed by atoms with E-state index in [1.165, 1.54) is 26.4 Å². The number of primary amides is 1. The highest BCUT2D eigenvalue weighted by Crippen LogP contribution is 2.33. The number of hydrogen-bond acceptors (Lipinski definition) is 4. The molecule has 3 rings (SSSR count). The third kappa shape index (κ3) is 8.55. The van der Waals surface area contributed by atoms with Crippen molar-refractivity contribution in [2.75, 3.05) is 20.8 Å². The SMILES string of the molecule is C.C.COC(CCC(N)=O)(OC)c1ccc(Br)c(F)c1.Fc1cc(C2=NCCC2)ccc1Br. The van der Waals surface area contributed by atoms with Gasteiger partial charge in [-0.3, -0.25) is 9.79 Å². The van der Waals surface area contributed by atoms with Crippen molar-refractivity contribution in [3.8, 4) is 0 Å². The molecule has 0 atom stereocenters. The lowest BCUT2D eigenvalue weighted by Gasteiger charge is -2.31. The van der Waals surface area contributed by atoms with E-state index in [1.807, 2.05) is 6.07 Å². The zero-order chi connectivity index (χ0) is 23.0. The van der Waals surface area contributed by atoms with Gasteiger partial charge in [0.1, 0.15) is 11.6 Å². The normalized spacial score (nSPS) is 12.6. The van der Waals surface area contributed by atoms with E-state index in [0.29, 0.717) is 14.5 Å². The number of nitrogens with zero attached hydrogens (tertiary/aromatic N) is 1. The van der Waals surface area contributed by atoms with Crippen molar-refractivity contribution < 1.29 is 23.0 Å². The van der Waals surface area contributed by atoms with Gasteiger partial charge in [-0.15, -0.1) is 0 Å². The number of carbonyl (C=O) groups excluding carboxylic acids is 1. The second-order valence-electron chi connectivity index (χ2n) is 6.82. The Morgan fingerprint density at radius 3 is 2.09 bits per heavy atom. The third-order valence-electron chi connectivity index (χ3n) is 4.85. The number of hydrogen-bond donors (Lipinski definition) is 1. The number of ether oxygens (including phenoxy) is 2. The number of rotatable bonds is 7. The molecule has 9 heteroatoms. The maximum atomic E-state index is 13.5. The number of nitrogens with two attached hydrogens (primary N) is 1. The van der Waals surface area contributed by atoms with Crippen LogP contribution in [0, 0.1) is 11.6 Å². The van der Waals surface area contributed by atoms with E-state index in [4.69, 9.17) is 15.2 Å². The Labute approximate surface area is 212 Å². The molecular formula is C24H32Br2F2N2O3. The van der Waals surface area contributed by atoms with Crippen molar-refractivity contribution in [3.63, 3.8) is 0 Å². The molecule has 184 valence electrons. The topological polar surface area (TPSA) is 73.9 Å². The average molecular weight is 594 g/mol. The molecule has 1 amide bonds. The van der Waals surface area contributed by atoms with Gasteiger partial charge in [0, 0.05) is 44.9 Å². The Morgan fingerprint density at radius 1 is 1.06 bits per heavy atom. The summed E-state index contributed by atoms with van der Waals surface area (Å²) in [6.07, 6.45) is 2.36. The summed E-state index contributed by atoms with van der Waals surface area (Å²) in [5.41, 5.74) is 7.55. The van der Waals surface area contributed by atoms with E-state index in [-0.39, 0.29) is 33.5 Å². The van der Waals surface area contributed by atoms with Crippen molar-refractivity contribution in [1.82, 2.24) is 0 Å². The monoisotopic (exact) mass is 592 g/mol. The largest absolute Gasteiger partial charge is 0.370 e. The van der Waals surface area contributed by atoms with Crippen molar-refractivity contribution >= 4 is 43.5 Å². The molecule has 0 saturated heterocycles. The highest BCUT2D eigenvalue weighted by atomic mass is 79.9. The fourth-order valence-electron chi connectivity index (χ4n) is 3.14. The molecule has 2 aromatic carbocycles. The first-order valence-electron chi connectivity index (χ1n) is 9.55. The number of methoxy groups -OCH3 is 2. The lowest BCUT2D eigenvalue weighted by atomic mass is 10.00. The standard InChI is InChI=1S/C12H15BrFNO3.C10H9BrFN.2CH4/c1-17-12(18-2,6-5-11(15)16)8-3-4-9(13)10(14)7-8;11-8-4-3-7(6-9(8)12)10-2-1-5-13-10;;/h3-4,7H,5-6H2,1-2H3,(H2,15,16);3-4,6H,1-2,5H2;2*1H4. The van der Waals surface area contributed by atoms with Gasteiger partial charge in [0.05, 0.1) is 8.95 Å². The van der Waals surface area contributed by atoms with Gasteiger partial charge in [0.25, 0.3) is 0 Å².